The Kier molecular flexibility index (Phi) is 4.33. The Labute approximate surface area is 85.3 Å². The van der Waals surface area contributed by atoms with Crippen LogP contribution >= 0.6 is 0 Å². The minimum Gasteiger partial charge on any atom is -0.313 e. The zero-order chi connectivity index (χ0) is 10.4. The molecule has 0 aromatic heterocycles. The van der Waals surface area contributed by atoms with Gasteiger partial charge in [0.05, 0.1) is 6.54 Å². The number of hydrogen-bond donors (Lipinski definition) is 1. The maximum atomic E-state index is 11.5. The van der Waals surface area contributed by atoms with Crippen LogP contribution in [0, 0.1) is 0 Å². The largest absolute Gasteiger partial charge is 0.313 e. The molecule has 0 radical (unpaired) electrons. The van der Waals surface area contributed by atoms with Crippen molar-refractivity contribution in [1.29, 1.82) is 0 Å². The van der Waals surface area contributed by atoms with E-state index in [1.807, 2.05) is 18.2 Å². The van der Waals surface area contributed by atoms with Gasteiger partial charge in [-0.2, -0.15) is 0 Å². The quantitative estimate of drug-likeness (QED) is 0.722. The molecule has 0 saturated carbocycles. The average Bonchev–Trinajstić information content (AvgIpc) is 2.19. The van der Waals surface area contributed by atoms with Gasteiger partial charge < -0.3 is 5.32 Å². The molecule has 2 nitrogen and oxygen atoms in total. The summed E-state index contributed by atoms with van der Waals surface area (Å²) in [5.74, 6) is 0.158. The first-order chi connectivity index (χ1) is 6.77. The van der Waals surface area contributed by atoms with Gasteiger partial charge in [-0.1, -0.05) is 31.5 Å². The molecule has 1 N–H and O–H groups in total. The summed E-state index contributed by atoms with van der Waals surface area (Å²) in [6, 6.07) is 7.88. The molecular formula is C12H17NO. The molecule has 1 aromatic carbocycles. The van der Waals surface area contributed by atoms with E-state index in [9.17, 15) is 4.79 Å². The Morgan fingerprint density at radius 3 is 2.86 bits per heavy atom. The van der Waals surface area contributed by atoms with Gasteiger partial charge in [0.1, 0.15) is 0 Å². The highest BCUT2D eigenvalue weighted by atomic mass is 16.1. The SMILES string of the molecule is CCCc1cccc(C(=O)CNC)c1. The predicted molar refractivity (Wildman–Crippen MR) is 58.7 cm³/mol. The third-order valence-corrected chi connectivity index (χ3v) is 2.12. The van der Waals surface area contributed by atoms with Gasteiger partial charge in [0.25, 0.3) is 0 Å². The number of nitrogens with one attached hydrogen (secondary N) is 1. The minimum absolute atomic E-state index is 0.158. The van der Waals surface area contributed by atoms with E-state index in [0.717, 1.165) is 18.4 Å². The highest BCUT2D eigenvalue weighted by molar-refractivity contribution is 5.97. The van der Waals surface area contributed by atoms with E-state index in [1.165, 1.54) is 5.56 Å². The Bertz CT molecular complexity index is 307. The van der Waals surface area contributed by atoms with Crippen molar-refractivity contribution in [3.63, 3.8) is 0 Å². The molecule has 1 aromatic rings. The van der Waals surface area contributed by atoms with E-state index in [-0.39, 0.29) is 5.78 Å². The number of ketones is 1. The molecule has 0 spiro atoms. The van der Waals surface area contributed by atoms with Gasteiger partial charge in [-0.05, 0) is 25.1 Å². The Morgan fingerprint density at radius 2 is 2.21 bits per heavy atom. The van der Waals surface area contributed by atoms with Crippen molar-refractivity contribution in [1.82, 2.24) is 5.32 Å². The maximum absolute atomic E-state index is 11.5. The molecule has 0 saturated heterocycles. The topological polar surface area (TPSA) is 29.1 Å². The fraction of sp³-hybridized carbons (Fsp3) is 0.417. The number of rotatable bonds is 5. The number of carbonyl (C=O) groups excluding carboxylic acids is 1. The molecule has 0 amide bonds. The van der Waals surface area contributed by atoms with Crippen molar-refractivity contribution in [2.45, 2.75) is 19.8 Å². The standard InChI is InChI=1S/C12H17NO/c1-3-5-10-6-4-7-11(8-10)12(14)9-13-2/h4,6-8,13H,3,5,9H2,1-2H3. The first kappa shape index (κ1) is 10.9. The molecule has 0 atom stereocenters. The fourth-order valence-electron chi connectivity index (χ4n) is 1.45. The van der Waals surface area contributed by atoms with Crippen LogP contribution < -0.4 is 5.32 Å². The Morgan fingerprint density at radius 1 is 1.43 bits per heavy atom. The number of benzene rings is 1. The highest BCUT2D eigenvalue weighted by Gasteiger charge is 2.04. The van der Waals surface area contributed by atoms with Crippen molar-refractivity contribution >= 4 is 5.78 Å². The second-order valence-electron chi connectivity index (χ2n) is 3.40. The molecule has 14 heavy (non-hydrogen) atoms. The van der Waals surface area contributed by atoms with Gasteiger partial charge >= 0.3 is 0 Å². The summed E-state index contributed by atoms with van der Waals surface area (Å²) in [7, 11) is 1.79. The van der Waals surface area contributed by atoms with Crippen molar-refractivity contribution < 1.29 is 4.79 Å². The van der Waals surface area contributed by atoms with Gasteiger partial charge in [0.2, 0.25) is 0 Å². The van der Waals surface area contributed by atoms with E-state index in [0.29, 0.717) is 6.54 Å². The zero-order valence-electron chi connectivity index (χ0n) is 8.84. The summed E-state index contributed by atoms with van der Waals surface area (Å²) < 4.78 is 0. The van der Waals surface area contributed by atoms with E-state index in [2.05, 4.69) is 18.3 Å². The monoisotopic (exact) mass is 191 g/mol. The molecule has 0 bridgehead atoms. The van der Waals surface area contributed by atoms with E-state index < -0.39 is 0 Å². The minimum atomic E-state index is 0.158. The van der Waals surface area contributed by atoms with Crippen LogP contribution in [0.25, 0.3) is 0 Å². The van der Waals surface area contributed by atoms with Crippen LogP contribution in [-0.2, 0) is 6.42 Å². The number of carbonyl (C=O) groups is 1. The summed E-state index contributed by atoms with van der Waals surface area (Å²) >= 11 is 0. The van der Waals surface area contributed by atoms with E-state index >= 15 is 0 Å². The van der Waals surface area contributed by atoms with Gasteiger partial charge in [-0.15, -0.1) is 0 Å². The number of hydrogen-bond acceptors (Lipinski definition) is 2. The lowest BCUT2D eigenvalue weighted by Gasteiger charge is -2.03. The molecule has 0 unspecified atom stereocenters. The summed E-state index contributed by atoms with van der Waals surface area (Å²) in [6.07, 6.45) is 2.16. The zero-order valence-corrected chi connectivity index (χ0v) is 8.84. The first-order valence-corrected chi connectivity index (χ1v) is 5.04. The summed E-state index contributed by atoms with van der Waals surface area (Å²) in [6.45, 7) is 2.55. The number of aryl methyl sites for hydroxylation is 1. The van der Waals surface area contributed by atoms with Gasteiger partial charge in [-0.25, -0.2) is 0 Å². The van der Waals surface area contributed by atoms with Crippen LogP contribution in [0.1, 0.15) is 29.3 Å². The summed E-state index contributed by atoms with van der Waals surface area (Å²) in [5.41, 5.74) is 2.06. The second kappa shape index (κ2) is 5.55. The summed E-state index contributed by atoms with van der Waals surface area (Å²) in [4.78, 5) is 11.5. The Hall–Kier alpha value is -1.15. The average molecular weight is 191 g/mol. The van der Waals surface area contributed by atoms with Crippen LogP contribution in [0.15, 0.2) is 24.3 Å². The van der Waals surface area contributed by atoms with Crippen LogP contribution in [-0.4, -0.2) is 19.4 Å². The molecule has 0 aliphatic heterocycles. The molecule has 0 heterocycles. The fourth-order valence-corrected chi connectivity index (χ4v) is 1.45. The lowest BCUT2D eigenvalue weighted by molar-refractivity contribution is 0.0993. The number of Topliss-reactive ketones (excluding diaryl/α,β-unsaturated/α-hetero) is 1. The lowest BCUT2D eigenvalue weighted by atomic mass is 10.0. The van der Waals surface area contributed by atoms with Gasteiger partial charge in [-0.3, -0.25) is 4.79 Å². The summed E-state index contributed by atoms with van der Waals surface area (Å²) in [5, 5.41) is 2.87. The van der Waals surface area contributed by atoms with Crippen molar-refractivity contribution in [3.05, 3.63) is 35.4 Å². The molecule has 0 aliphatic carbocycles. The van der Waals surface area contributed by atoms with Crippen molar-refractivity contribution in [2.24, 2.45) is 0 Å². The van der Waals surface area contributed by atoms with Crippen LogP contribution in [0.3, 0.4) is 0 Å². The second-order valence-corrected chi connectivity index (χ2v) is 3.40. The first-order valence-electron chi connectivity index (χ1n) is 5.04. The predicted octanol–water partition coefficient (Wildman–Crippen LogP) is 2.04. The molecule has 0 aliphatic rings. The third kappa shape index (κ3) is 2.96. The van der Waals surface area contributed by atoms with Crippen LogP contribution in [0.5, 0.6) is 0 Å². The van der Waals surface area contributed by atoms with Gasteiger partial charge in [0, 0.05) is 5.56 Å². The van der Waals surface area contributed by atoms with Crippen molar-refractivity contribution in [3.8, 4) is 0 Å². The van der Waals surface area contributed by atoms with E-state index in [4.69, 9.17) is 0 Å². The molecule has 2 heteroatoms. The normalized spacial score (nSPS) is 10.1. The molecule has 76 valence electrons. The van der Waals surface area contributed by atoms with Crippen molar-refractivity contribution in [2.75, 3.05) is 13.6 Å². The Balaban J connectivity index is 2.77. The van der Waals surface area contributed by atoms with E-state index in [1.54, 1.807) is 7.05 Å². The third-order valence-electron chi connectivity index (χ3n) is 2.12. The van der Waals surface area contributed by atoms with Crippen LogP contribution in [0.4, 0.5) is 0 Å². The smallest absolute Gasteiger partial charge is 0.176 e. The molecule has 0 fully saturated rings. The molecule has 1 rings (SSSR count). The van der Waals surface area contributed by atoms with Crippen LogP contribution in [0.2, 0.25) is 0 Å². The van der Waals surface area contributed by atoms with Gasteiger partial charge in [0.15, 0.2) is 5.78 Å². The number of likely N-dealkylation sites (N-methyl/N-ethyl adjacent to an activating group) is 1. The maximum Gasteiger partial charge on any atom is 0.176 e. The molecular weight excluding hydrogens is 174 g/mol. The lowest BCUT2D eigenvalue weighted by Crippen LogP contribution is -2.18. The highest BCUT2D eigenvalue weighted by Crippen LogP contribution is 2.07.